The minimum Gasteiger partial charge on any atom is -0.452 e. The van der Waals surface area contributed by atoms with Gasteiger partial charge in [-0.3, -0.25) is 4.79 Å². The molecule has 0 saturated heterocycles. The highest BCUT2D eigenvalue weighted by atomic mass is 127. The highest BCUT2D eigenvalue weighted by Gasteiger charge is 2.27. The molecule has 2 aromatic carbocycles. The molecule has 0 radical (unpaired) electrons. The van der Waals surface area contributed by atoms with Crippen molar-refractivity contribution in [3.8, 4) is 5.75 Å². The molecule has 3 rings (SSSR count). The zero-order valence-corrected chi connectivity index (χ0v) is 13.9. The van der Waals surface area contributed by atoms with E-state index in [0.717, 1.165) is 14.8 Å². The molecule has 21 heavy (non-hydrogen) atoms. The second-order valence-corrected chi connectivity index (χ2v) is 6.31. The van der Waals surface area contributed by atoms with Gasteiger partial charge in [0.15, 0.2) is 5.76 Å². The Balaban J connectivity index is 1.90. The van der Waals surface area contributed by atoms with E-state index < -0.39 is 0 Å². The number of anilines is 1. The number of fused-ring (bicyclic) bond motifs is 1. The van der Waals surface area contributed by atoms with Crippen LogP contribution in [0.1, 0.15) is 15.9 Å². The highest BCUT2D eigenvalue weighted by Crippen LogP contribution is 2.32. The lowest BCUT2D eigenvalue weighted by Gasteiger charge is -2.11. The molecule has 0 fully saturated rings. The Morgan fingerprint density at radius 2 is 1.81 bits per heavy atom. The van der Waals surface area contributed by atoms with Crippen LogP contribution in [-0.2, 0) is 0 Å². The van der Waals surface area contributed by atoms with Crippen molar-refractivity contribution < 1.29 is 9.53 Å². The fourth-order valence-corrected chi connectivity index (χ4v) is 2.67. The molecule has 1 aliphatic rings. The lowest BCUT2D eigenvalue weighted by molar-refractivity contribution is 0.101. The molecular weight excluding hydrogens is 377 g/mol. The first-order valence-corrected chi connectivity index (χ1v) is 7.63. The van der Waals surface area contributed by atoms with E-state index in [1.54, 1.807) is 6.08 Å². The molecule has 1 aliphatic heterocycles. The molecule has 3 nitrogen and oxygen atoms in total. The second kappa shape index (κ2) is 5.52. The Morgan fingerprint density at radius 3 is 2.48 bits per heavy atom. The van der Waals surface area contributed by atoms with Crippen molar-refractivity contribution in [2.75, 3.05) is 19.0 Å². The van der Waals surface area contributed by atoms with Crippen LogP contribution in [0.2, 0.25) is 0 Å². The number of rotatable bonds is 2. The van der Waals surface area contributed by atoms with E-state index in [1.807, 2.05) is 61.5 Å². The van der Waals surface area contributed by atoms with Crippen molar-refractivity contribution in [2.45, 2.75) is 0 Å². The topological polar surface area (TPSA) is 29.5 Å². The molecule has 0 aromatic heterocycles. The maximum absolute atomic E-state index is 12.3. The predicted molar refractivity (Wildman–Crippen MR) is 92.9 cm³/mol. The summed E-state index contributed by atoms with van der Waals surface area (Å²) in [4.78, 5) is 14.4. The van der Waals surface area contributed by atoms with Crippen LogP contribution < -0.4 is 9.64 Å². The molecule has 2 aromatic rings. The molecule has 0 atom stereocenters. The van der Waals surface area contributed by atoms with E-state index in [9.17, 15) is 4.79 Å². The van der Waals surface area contributed by atoms with Gasteiger partial charge in [0.1, 0.15) is 5.75 Å². The number of benzene rings is 2. The average molecular weight is 391 g/mol. The minimum atomic E-state index is -0.0554. The van der Waals surface area contributed by atoms with E-state index in [2.05, 4.69) is 22.6 Å². The van der Waals surface area contributed by atoms with Crippen LogP contribution in [-0.4, -0.2) is 19.9 Å². The smallest absolute Gasteiger partial charge is 0.232 e. The summed E-state index contributed by atoms with van der Waals surface area (Å²) in [6.07, 6.45) is 1.79. The molecule has 0 aliphatic carbocycles. The number of ether oxygens (including phenoxy) is 1. The van der Waals surface area contributed by atoms with E-state index in [0.29, 0.717) is 17.1 Å². The van der Waals surface area contributed by atoms with E-state index in [-0.39, 0.29) is 5.78 Å². The molecule has 106 valence electrons. The van der Waals surface area contributed by atoms with Gasteiger partial charge in [0.25, 0.3) is 0 Å². The number of hydrogen-bond acceptors (Lipinski definition) is 3. The lowest BCUT2D eigenvalue weighted by Crippen LogP contribution is -2.08. The quantitative estimate of drug-likeness (QED) is 0.573. The summed E-state index contributed by atoms with van der Waals surface area (Å²) in [5.74, 6) is 0.960. The van der Waals surface area contributed by atoms with Gasteiger partial charge in [-0.2, -0.15) is 0 Å². The molecule has 1 heterocycles. The van der Waals surface area contributed by atoms with Gasteiger partial charge in [-0.1, -0.05) is 12.1 Å². The Morgan fingerprint density at radius 1 is 1.10 bits per heavy atom. The summed E-state index contributed by atoms with van der Waals surface area (Å²) in [5.41, 5.74) is 2.71. The van der Waals surface area contributed by atoms with Gasteiger partial charge in [0, 0.05) is 23.4 Å². The fourth-order valence-electron chi connectivity index (χ4n) is 2.18. The highest BCUT2D eigenvalue weighted by molar-refractivity contribution is 14.1. The molecule has 4 heteroatoms. The fraction of sp³-hybridized carbons (Fsp3) is 0.118. The van der Waals surface area contributed by atoms with Gasteiger partial charge >= 0.3 is 0 Å². The van der Waals surface area contributed by atoms with Gasteiger partial charge < -0.3 is 9.64 Å². The summed E-state index contributed by atoms with van der Waals surface area (Å²) in [6, 6.07) is 13.6. The average Bonchev–Trinajstić information content (AvgIpc) is 2.76. The number of nitrogens with zero attached hydrogens (tertiary/aromatic N) is 1. The van der Waals surface area contributed by atoms with Crippen LogP contribution >= 0.6 is 22.6 Å². The van der Waals surface area contributed by atoms with E-state index >= 15 is 0 Å². The SMILES string of the molecule is CN(C)c1ccc(/C=C2\Oc3ccc(I)cc3C2=O)cc1. The monoisotopic (exact) mass is 391 g/mol. The number of Topliss-reactive ketones (excluding diaryl/α,β-unsaturated/α-hetero) is 1. The van der Waals surface area contributed by atoms with Gasteiger partial charge in [0.2, 0.25) is 5.78 Å². The molecule has 0 amide bonds. The largest absolute Gasteiger partial charge is 0.452 e. The Bertz CT molecular complexity index is 733. The van der Waals surface area contributed by atoms with Crippen LogP contribution in [0.25, 0.3) is 6.08 Å². The summed E-state index contributed by atoms with van der Waals surface area (Å²) in [6.45, 7) is 0. The van der Waals surface area contributed by atoms with E-state index in [4.69, 9.17) is 4.74 Å². The third-order valence-electron chi connectivity index (χ3n) is 3.34. The summed E-state index contributed by atoms with van der Waals surface area (Å²) in [5, 5.41) is 0. The van der Waals surface area contributed by atoms with Crippen LogP contribution in [0.3, 0.4) is 0 Å². The molecule has 0 saturated carbocycles. The number of carbonyl (C=O) groups is 1. The maximum Gasteiger partial charge on any atom is 0.232 e. The van der Waals surface area contributed by atoms with Crippen LogP contribution in [0.15, 0.2) is 48.2 Å². The summed E-state index contributed by atoms with van der Waals surface area (Å²) in [7, 11) is 3.99. The first-order chi connectivity index (χ1) is 10.0. The predicted octanol–water partition coefficient (Wildman–Crippen LogP) is 3.97. The van der Waals surface area contributed by atoms with Gasteiger partial charge in [-0.05, 0) is 64.6 Å². The molecule has 0 bridgehead atoms. The van der Waals surface area contributed by atoms with Crippen molar-refractivity contribution in [1.82, 2.24) is 0 Å². The minimum absolute atomic E-state index is 0.0554. The van der Waals surface area contributed by atoms with Crippen LogP contribution in [0, 0.1) is 3.57 Å². The van der Waals surface area contributed by atoms with Crippen molar-refractivity contribution in [2.24, 2.45) is 0 Å². The van der Waals surface area contributed by atoms with Crippen molar-refractivity contribution in [1.29, 1.82) is 0 Å². The summed E-state index contributed by atoms with van der Waals surface area (Å²) < 4.78 is 6.68. The van der Waals surface area contributed by atoms with Crippen molar-refractivity contribution in [3.05, 3.63) is 62.9 Å². The lowest BCUT2D eigenvalue weighted by atomic mass is 10.1. The first kappa shape index (κ1) is 14.1. The molecule has 0 unspecified atom stereocenters. The zero-order valence-electron chi connectivity index (χ0n) is 11.8. The number of carbonyl (C=O) groups excluding carboxylic acids is 1. The normalized spacial score (nSPS) is 15.0. The maximum atomic E-state index is 12.3. The van der Waals surface area contributed by atoms with Crippen LogP contribution in [0.4, 0.5) is 5.69 Å². The molecule has 0 N–H and O–H groups in total. The number of allylic oxidation sites excluding steroid dienone is 1. The zero-order chi connectivity index (χ0) is 15.0. The summed E-state index contributed by atoms with van der Waals surface area (Å²) >= 11 is 2.19. The molecule has 0 spiro atoms. The Hall–Kier alpha value is -1.82. The molecular formula is C17H14INO2. The van der Waals surface area contributed by atoms with Gasteiger partial charge in [0.05, 0.1) is 5.56 Å². The number of hydrogen-bond donors (Lipinski definition) is 0. The van der Waals surface area contributed by atoms with E-state index in [1.165, 1.54) is 0 Å². The van der Waals surface area contributed by atoms with Gasteiger partial charge in [-0.25, -0.2) is 0 Å². The third kappa shape index (κ3) is 2.81. The number of ketones is 1. The Kier molecular flexibility index (Phi) is 3.71. The van der Waals surface area contributed by atoms with Crippen molar-refractivity contribution in [3.63, 3.8) is 0 Å². The standard InChI is InChI=1S/C17H14INO2/c1-19(2)13-6-3-11(4-7-13)9-16-17(20)14-10-12(18)5-8-15(14)21-16/h3-10H,1-2H3/b16-9-. The first-order valence-electron chi connectivity index (χ1n) is 6.56. The second-order valence-electron chi connectivity index (χ2n) is 5.07. The van der Waals surface area contributed by atoms with Crippen LogP contribution in [0.5, 0.6) is 5.75 Å². The Labute approximate surface area is 137 Å². The third-order valence-corrected chi connectivity index (χ3v) is 4.01. The van der Waals surface area contributed by atoms with Crippen molar-refractivity contribution >= 4 is 40.1 Å². The number of halogens is 1. The van der Waals surface area contributed by atoms with Gasteiger partial charge in [-0.15, -0.1) is 0 Å².